The van der Waals surface area contributed by atoms with Crippen molar-refractivity contribution in [2.75, 3.05) is 0 Å². The van der Waals surface area contributed by atoms with E-state index in [0.717, 1.165) is 34.4 Å². The molecule has 0 radical (unpaired) electrons. The Morgan fingerprint density at radius 1 is 0.469 bits per heavy atom. The van der Waals surface area contributed by atoms with Crippen molar-refractivity contribution in [2.45, 2.75) is 0 Å². The summed E-state index contributed by atoms with van der Waals surface area (Å²) in [5, 5.41) is 0. The molecule has 4 aromatic carbocycles. The highest BCUT2D eigenvalue weighted by Crippen LogP contribution is 2.30. The number of para-hydroxylation sites is 2. The second kappa shape index (κ2) is 10.0. The van der Waals surface area contributed by atoms with Gasteiger partial charge in [0.2, 0.25) is 0 Å². The summed E-state index contributed by atoms with van der Waals surface area (Å²) in [7, 11) is 0. The third-order valence-corrected chi connectivity index (χ3v) is 4.72. The third-order valence-electron chi connectivity index (χ3n) is 4.72. The molecule has 4 nitrogen and oxygen atoms in total. The van der Waals surface area contributed by atoms with Crippen LogP contribution in [0.2, 0.25) is 0 Å². The summed E-state index contributed by atoms with van der Waals surface area (Å²) >= 11 is 0. The van der Waals surface area contributed by atoms with E-state index in [2.05, 4.69) is 0 Å². The van der Waals surface area contributed by atoms with E-state index in [1.165, 1.54) is 0 Å². The molecule has 4 heteroatoms. The van der Waals surface area contributed by atoms with E-state index >= 15 is 0 Å². The molecular formula is C28H20O4. The van der Waals surface area contributed by atoms with Gasteiger partial charge in [-0.05, 0) is 23.3 Å². The molecule has 0 bridgehead atoms. The van der Waals surface area contributed by atoms with Crippen molar-refractivity contribution in [2.24, 2.45) is 0 Å². The molecule has 0 fully saturated rings. The molecular weight excluding hydrogens is 400 g/mol. The SMILES string of the molecule is O=C(/C=C/C(=O)Oc1ccccc1-c1ccccc1)Oc1ccccc1-c1ccccc1. The fourth-order valence-corrected chi connectivity index (χ4v) is 3.24. The molecule has 0 aliphatic heterocycles. The fourth-order valence-electron chi connectivity index (χ4n) is 3.24. The Morgan fingerprint density at radius 2 is 0.812 bits per heavy atom. The molecule has 0 aromatic heterocycles. The highest BCUT2D eigenvalue weighted by atomic mass is 16.5. The Bertz CT molecular complexity index is 1150. The van der Waals surface area contributed by atoms with Gasteiger partial charge in [0, 0.05) is 23.3 Å². The topological polar surface area (TPSA) is 52.6 Å². The first-order chi connectivity index (χ1) is 15.7. The van der Waals surface area contributed by atoms with Crippen molar-refractivity contribution in [3.05, 3.63) is 121 Å². The standard InChI is InChI=1S/C28H20O4/c29-27(31-25-17-9-7-15-23(25)21-11-3-1-4-12-21)19-20-28(30)32-26-18-10-8-16-24(26)22-13-5-2-6-14-22/h1-20H/b20-19+. The average Bonchev–Trinajstić information content (AvgIpc) is 2.84. The average molecular weight is 420 g/mol. The van der Waals surface area contributed by atoms with E-state index < -0.39 is 11.9 Å². The number of hydrogen-bond acceptors (Lipinski definition) is 4. The Hall–Kier alpha value is -4.44. The second-order valence-electron chi connectivity index (χ2n) is 6.90. The molecule has 156 valence electrons. The predicted octanol–water partition coefficient (Wildman–Crippen LogP) is 6.09. The predicted molar refractivity (Wildman–Crippen MR) is 124 cm³/mol. The van der Waals surface area contributed by atoms with Crippen LogP contribution in [0.25, 0.3) is 22.3 Å². The van der Waals surface area contributed by atoms with Crippen molar-refractivity contribution in [1.82, 2.24) is 0 Å². The summed E-state index contributed by atoms with van der Waals surface area (Å²) in [6, 6.07) is 33.7. The minimum atomic E-state index is -0.665. The van der Waals surface area contributed by atoms with Gasteiger partial charge in [0.05, 0.1) is 0 Å². The van der Waals surface area contributed by atoms with Crippen molar-refractivity contribution in [3.63, 3.8) is 0 Å². The molecule has 4 aromatic rings. The molecule has 32 heavy (non-hydrogen) atoms. The van der Waals surface area contributed by atoms with Crippen LogP contribution in [-0.4, -0.2) is 11.9 Å². The van der Waals surface area contributed by atoms with Gasteiger partial charge < -0.3 is 9.47 Å². The summed E-state index contributed by atoms with van der Waals surface area (Å²) in [6.07, 6.45) is 2.13. The number of rotatable bonds is 6. The number of ether oxygens (including phenoxy) is 2. The van der Waals surface area contributed by atoms with Crippen molar-refractivity contribution in [1.29, 1.82) is 0 Å². The highest BCUT2D eigenvalue weighted by molar-refractivity contribution is 5.94. The lowest BCUT2D eigenvalue weighted by molar-refractivity contribution is -0.131. The van der Waals surface area contributed by atoms with Gasteiger partial charge >= 0.3 is 11.9 Å². The summed E-state index contributed by atoms with van der Waals surface area (Å²) in [5.74, 6) is -0.504. The van der Waals surface area contributed by atoms with Gasteiger partial charge in [0.1, 0.15) is 11.5 Å². The van der Waals surface area contributed by atoms with Crippen molar-refractivity contribution < 1.29 is 19.1 Å². The monoisotopic (exact) mass is 420 g/mol. The lowest BCUT2D eigenvalue weighted by Gasteiger charge is -2.09. The van der Waals surface area contributed by atoms with E-state index in [0.29, 0.717) is 11.5 Å². The van der Waals surface area contributed by atoms with Crippen LogP contribution >= 0.6 is 0 Å². The molecule has 0 aliphatic rings. The van der Waals surface area contributed by atoms with Crippen LogP contribution < -0.4 is 9.47 Å². The van der Waals surface area contributed by atoms with Crippen molar-refractivity contribution >= 4 is 11.9 Å². The van der Waals surface area contributed by atoms with Gasteiger partial charge in [-0.2, -0.15) is 0 Å². The van der Waals surface area contributed by atoms with Crippen LogP contribution in [-0.2, 0) is 9.59 Å². The Kier molecular flexibility index (Phi) is 6.54. The molecule has 0 unspecified atom stereocenters. The molecule has 0 spiro atoms. The minimum Gasteiger partial charge on any atom is -0.423 e. The molecule has 0 aliphatic carbocycles. The van der Waals surface area contributed by atoms with E-state index in [1.807, 2.05) is 84.9 Å². The Labute approximate surface area is 186 Å². The summed E-state index contributed by atoms with van der Waals surface area (Å²) in [6.45, 7) is 0. The molecule has 0 heterocycles. The fraction of sp³-hybridized carbons (Fsp3) is 0. The summed E-state index contributed by atoms with van der Waals surface area (Å²) in [4.78, 5) is 24.6. The van der Waals surface area contributed by atoms with Gasteiger partial charge in [-0.1, -0.05) is 97.1 Å². The quantitative estimate of drug-likeness (QED) is 0.215. The van der Waals surface area contributed by atoms with Crippen LogP contribution in [0.15, 0.2) is 121 Å². The van der Waals surface area contributed by atoms with Crippen molar-refractivity contribution in [3.8, 4) is 33.8 Å². The lowest BCUT2D eigenvalue weighted by atomic mass is 10.1. The maximum absolute atomic E-state index is 12.3. The van der Waals surface area contributed by atoms with Crippen LogP contribution in [0.5, 0.6) is 11.5 Å². The number of hydrogen-bond donors (Lipinski definition) is 0. The number of carbonyl (C=O) groups is 2. The Balaban J connectivity index is 1.44. The molecule has 0 N–H and O–H groups in total. The minimum absolute atomic E-state index is 0.413. The lowest BCUT2D eigenvalue weighted by Crippen LogP contribution is -2.09. The van der Waals surface area contributed by atoms with E-state index in [1.54, 1.807) is 24.3 Å². The molecule has 0 amide bonds. The maximum atomic E-state index is 12.3. The van der Waals surface area contributed by atoms with Crippen LogP contribution in [0.1, 0.15) is 0 Å². The largest absolute Gasteiger partial charge is 0.423 e. The first kappa shape index (κ1) is 20.8. The molecule has 0 saturated carbocycles. The third kappa shape index (κ3) is 5.18. The molecule has 0 saturated heterocycles. The normalized spacial score (nSPS) is 10.6. The molecule has 4 rings (SSSR count). The first-order valence-electron chi connectivity index (χ1n) is 10.1. The van der Waals surface area contributed by atoms with Gasteiger partial charge in [-0.3, -0.25) is 0 Å². The number of carbonyl (C=O) groups excluding carboxylic acids is 2. The zero-order valence-electron chi connectivity index (χ0n) is 17.2. The zero-order chi connectivity index (χ0) is 22.2. The smallest absolute Gasteiger partial charge is 0.336 e. The van der Waals surface area contributed by atoms with E-state index in [-0.39, 0.29) is 0 Å². The number of esters is 2. The second-order valence-corrected chi connectivity index (χ2v) is 6.90. The van der Waals surface area contributed by atoms with E-state index in [4.69, 9.17) is 9.47 Å². The van der Waals surface area contributed by atoms with Gasteiger partial charge in [-0.15, -0.1) is 0 Å². The number of benzene rings is 4. The Morgan fingerprint density at radius 3 is 1.22 bits per heavy atom. The van der Waals surface area contributed by atoms with Crippen LogP contribution in [0.3, 0.4) is 0 Å². The molecule has 0 atom stereocenters. The van der Waals surface area contributed by atoms with Gasteiger partial charge in [-0.25, -0.2) is 9.59 Å². The van der Waals surface area contributed by atoms with Crippen LogP contribution in [0, 0.1) is 0 Å². The highest BCUT2D eigenvalue weighted by Gasteiger charge is 2.11. The maximum Gasteiger partial charge on any atom is 0.336 e. The van der Waals surface area contributed by atoms with Crippen LogP contribution in [0.4, 0.5) is 0 Å². The van der Waals surface area contributed by atoms with Gasteiger partial charge in [0.15, 0.2) is 0 Å². The summed E-state index contributed by atoms with van der Waals surface area (Å²) < 4.78 is 10.9. The first-order valence-corrected chi connectivity index (χ1v) is 10.1. The zero-order valence-corrected chi connectivity index (χ0v) is 17.2. The summed E-state index contributed by atoms with van der Waals surface area (Å²) in [5.41, 5.74) is 3.43. The van der Waals surface area contributed by atoms with Gasteiger partial charge in [0.25, 0.3) is 0 Å². The van der Waals surface area contributed by atoms with E-state index in [9.17, 15) is 9.59 Å².